The topological polar surface area (TPSA) is 96.9 Å². The third kappa shape index (κ3) is 3.92. The maximum absolute atomic E-state index is 12.6. The molecule has 9 heteroatoms. The highest BCUT2D eigenvalue weighted by Gasteiger charge is 2.15. The highest BCUT2D eigenvalue weighted by atomic mass is 79.9. The zero-order chi connectivity index (χ0) is 20.5. The van der Waals surface area contributed by atoms with Crippen molar-refractivity contribution < 1.29 is 4.79 Å². The molecule has 0 aliphatic heterocycles. The molecule has 0 fully saturated rings. The van der Waals surface area contributed by atoms with E-state index in [1.807, 2.05) is 31.2 Å². The van der Waals surface area contributed by atoms with Crippen LogP contribution >= 0.6 is 27.3 Å². The molecule has 2 N–H and O–H groups in total. The van der Waals surface area contributed by atoms with Crippen LogP contribution in [-0.4, -0.2) is 20.4 Å². The largest absolute Gasteiger partial charge is 0.329 e. The molecule has 29 heavy (non-hydrogen) atoms. The number of anilines is 1. The summed E-state index contributed by atoms with van der Waals surface area (Å²) in [7, 11) is 0. The number of nitrogens with one attached hydrogen (secondary N) is 2. The summed E-state index contributed by atoms with van der Waals surface area (Å²) in [6.07, 6.45) is 0. The van der Waals surface area contributed by atoms with Crippen LogP contribution in [0.15, 0.2) is 62.6 Å². The van der Waals surface area contributed by atoms with Crippen molar-refractivity contribution in [3.8, 4) is 11.3 Å². The monoisotopic (exact) mass is 470 g/mol. The number of fused-ring (bicyclic) bond motifs is 1. The molecule has 2 aromatic carbocycles. The van der Waals surface area contributed by atoms with Crippen LogP contribution in [0.4, 0.5) is 5.13 Å². The molecule has 0 saturated carbocycles. The Morgan fingerprint density at radius 2 is 1.90 bits per heavy atom. The fourth-order valence-electron chi connectivity index (χ4n) is 2.97. The van der Waals surface area contributed by atoms with Crippen LogP contribution in [0, 0.1) is 6.92 Å². The number of H-pyrrole nitrogens is 1. The van der Waals surface area contributed by atoms with Crippen molar-refractivity contribution in [2.75, 3.05) is 5.32 Å². The highest BCUT2D eigenvalue weighted by molar-refractivity contribution is 9.10. The Bertz CT molecular complexity index is 1340. The Morgan fingerprint density at radius 1 is 1.17 bits per heavy atom. The fourth-order valence-corrected chi connectivity index (χ4v) is 4.09. The molecule has 2 heterocycles. The molecule has 0 saturated heterocycles. The third-order valence-corrected chi connectivity index (χ3v) is 5.77. The smallest absolute Gasteiger partial charge is 0.307 e. The number of para-hydroxylation sites is 1. The van der Waals surface area contributed by atoms with Gasteiger partial charge in [-0.3, -0.25) is 14.2 Å². The molecule has 0 unspecified atom stereocenters. The summed E-state index contributed by atoms with van der Waals surface area (Å²) in [5, 5.41) is 3.44. The van der Waals surface area contributed by atoms with Crippen molar-refractivity contribution >= 4 is 49.2 Å². The number of aromatic nitrogens is 3. The fraction of sp³-hybridized carbons (Fsp3) is 0.100. The van der Waals surface area contributed by atoms with Gasteiger partial charge in [0.25, 0.3) is 5.56 Å². The number of hydrogen-bond donors (Lipinski definition) is 2. The van der Waals surface area contributed by atoms with Gasteiger partial charge in [0, 0.05) is 14.9 Å². The number of aromatic amines is 1. The standard InChI is InChI=1S/C20H15BrN4O3S/c1-11-17(12-6-8-13(21)9-7-12)24-19(29-11)23-16(26)10-25-18(27)14-4-2-3-5-15(14)22-20(25)28/h2-9H,10H2,1H3,(H,22,28)(H,23,24,26). The van der Waals surface area contributed by atoms with E-state index in [2.05, 4.69) is 31.2 Å². The van der Waals surface area contributed by atoms with Gasteiger partial charge in [0.15, 0.2) is 5.13 Å². The molecular weight excluding hydrogens is 456 g/mol. The van der Waals surface area contributed by atoms with Crippen molar-refractivity contribution in [2.45, 2.75) is 13.5 Å². The molecule has 146 valence electrons. The van der Waals surface area contributed by atoms with Gasteiger partial charge >= 0.3 is 5.69 Å². The van der Waals surface area contributed by atoms with Gasteiger partial charge in [-0.25, -0.2) is 9.78 Å². The Hall–Kier alpha value is -3.04. The Kier molecular flexibility index (Phi) is 5.16. The number of hydrogen-bond acceptors (Lipinski definition) is 5. The normalized spacial score (nSPS) is 11.0. The number of nitrogens with zero attached hydrogens (tertiary/aromatic N) is 2. The predicted molar refractivity (Wildman–Crippen MR) is 117 cm³/mol. The van der Waals surface area contributed by atoms with Crippen LogP contribution in [0.3, 0.4) is 0 Å². The number of amides is 1. The van der Waals surface area contributed by atoms with Crippen molar-refractivity contribution in [1.29, 1.82) is 0 Å². The van der Waals surface area contributed by atoms with Crippen LogP contribution in [0.1, 0.15) is 4.88 Å². The van der Waals surface area contributed by atoms with Crippen molar-refractivity contribution in [3.05, 3.63) is 78.7 Å². The van der Waals surface area contributed by atoms with Gasteiger partial charge in [-0.1, -0.05) is 40.2 Å². The van der Waals surface area contributed by atoms with Crippen molar-refractivity contribution in [2.24, 2.45) is 0 Å². The number of aryl methyl sites for hydroxylation is 1. The highest BCUT2D eigenvalue weighted by Crippen LogP contribution is 2.31. The third-order valence-electron chi connectivity index (χ3n) is 4.35. The van der Waals surface area contributed by atoms with E-state index in [9.17, 15) is 14.4 Å². The number of carbonyl (C=O) groups is 1. The Morgan fingerprint density at radius 3 is 2.66 bits per heavy atom. The first-order valence-electron chi connectivity index (χ1n) is 8.67. The molecule has 4 aromatic rings. The summed E-state index contributed by atoms with van der Waals surface area (Å²) in [6, 6.07) is 14.4. The van der Waals surface area contributed by atoms with Gasteiger partial charge < -0.3 is 10.3 Å². The summed E-state index contributed by atoms with van der Waals surface area (Å²) >= 11 is 4.74. The first kappa shape index (κ1) is 19.3. The molecule has 7 nitrogen and oxygen atoms in total. The van der Waals surface area contributed by atoms with E-state index in [0.717, 1.165) is 25.2 Å². The van der Waals surface area contributed by atoms with E-state index in [1.54, 1.807) is 24.3 Å². The number of halogens is 1. The lowest BCUT2D eigenvalue weighted by Crippen LogP contribution is -2.38. The number of rotatable bonds is 4. The van der Waals surface area contributed by atoms with E-state index < -0.39 is 23.7 Å². The lowest BCUT2D eigenvalue weighted by Gasteiger charge is -2.06. The van der Waals surface area contributed by atoms with Crippen molar-refractivity contribution in [1.82, 2.24) is 14.5 Å². The molecule has 0 bridgehead atoms. The zero-order valence-corrected chi connectivity index (χ0v) is 17.6. The number of thiazole rings is 1. The van der Waals surface area contributed by atoms with Gasteiger partial charge in [-0.2, -0.15) is 0 Å². The summed E-state index contributed by atoms with van der Waals surface area (Å²) in [5.41, 5.74) is 1.01. The van der Waals surface area contributed by atoms with Crippen LogP contribution in [0.25, 0.3) is 22.2 Å². The minimum Gasteiger partial charge on any atom is -0.307 e. The minimum atomic E-state index is -0.630. The minimum absolute atomic E-state index is 0.350. The van der Waals surface area contributed by atoms with Gasteiger partial charge in [-0.15, -0.1) is 11.3 Å². The summed E-state index contributed by atoms with van der Waals surface area (Å²) in [6.45, 7) is 1.52. The quantitative estimate of drug-likeness (QED) is 0.476. The molecule has 0 aliphatic carbocycles. The second kappa shape index (κ2) is 7.76. The maximum Gasteiger partial charge on any atom is 0.329 e. The first-order valence-corrected chi connectivity index (χ1v) is 10.3. The van der Waals surface area contributed by atoms with E-state index in [4.69, 9.17) is 0 Å². The zero-order valence-electron chi connectivity index (χ0n) is 15.2. The molecule has 4 rings (SSSR count). The second-order valence-electron chi connectivity index (χ2n) is 6.35. The van der Waals surface area contributed by atoms with E-state index in [1.165, 1.54) is 11.3 Å². The van der Waals surface area contributed by atoms with Crippen LogP contribution in [0.5, 0.6) is 0 Å². The van der Waals surface area contributed by atoms with E-state index in [0.29, 0.717) is 16.0 Å². The van der Waals surface area contributed by atoms with Crippen LogP contribution in [0.2, 0.25) is 0 Å². The van der Waals surface area contributed by atoms with Crippen LogP contribution < -0.4 is 16.6 Å². The molecule has 0 aliphatic rings. The van der Waals surface area contributed by atoms with Crippen LogP contribution in [-0.2, 0) is 11.3 Å². The van der Waals surface area contributed by atoms with E-state index >= 15 is 0 Å². The molecule has 0 atom stereocenters. The van der Waals surface area contributed by atoms with Crippen molar-refractivity contribution in [3.63, 3.8) is 0 Å². The first-order chi connectivity index (χ1) is 13.9. The summed E-state index contributed by atoms with van der Waals surface area (Å²) < 4.78 is 1.85. The summed E-state index contributed by atoms with van der Waals surface area (Å²) in [5.74, 6) is -0.496. The predicted octanol–water partition coefficient (Wildman–Crippen LogP) is 3.52. The lowest BCUT2D eigenvalue weighted by atomic mass is 10.1. The maximum atomic E-state index is 12.6. The average Bonchev–Trinajstić information content (AvgIpc) is 3.05. The number of carbonyl (C=O) groups excluding carboxylic acids is 1. The second-order valence-corrected chi connectivity index (χ2v) is 8.46. The molecule has 2 aromatic heterocycles. The SMILES string of the molecule is Cc1sc(NC(=O)Cn2c(=O)[nH]c3ccccc3c2=O)nc1-c1ccc(Br)cc1. The molecule has 0 radical (unpaired) electrons. The van der Waals surface area contributed by atoms with E-state index in [-0.39, 0.29) is 0 Å². The summed E-state index contributed by atoms with van der Waals surface area (Å²) in [4.78, 5) is 45.3. The Balaban J connectivity index is 1.58. The van der Waals surface area contributed by atoms with Gasteiger partial charge in [0.2, 0.25) is 5.91 Å². The Labute approximate surface area is 177 Å². The van der Waals surface area contributed by atoms with Gasteiger partial charge in [0.05, 0.1) is 16.6 Å². The molecule has 0 spiro atoms. The van der Waals surface area contributed by atoms with Gasteiger partial charge in [-0.05, 0) is 31.2 Å². The lowest BCUT2D eigenvalue weighted by molar-refractivity contribution is -0.116. The average molecular weight is 471 g/mol. The molecular formula is C20H15BrN4O3S. The van der Waals surface area contributed by atoms with Gasteiger partial charge in [0.1, 0.15) is 6.54 Å². The number of benzene rings is 2. The molecule has 1 amide bonds.